The van der Waals surface area contributed by atoms with Crippen molar-refractivity contribution >= 4 is 18.4 Å². The minimum Gasteiger partial charge on any atom is -0.497 e. The molecule has 3 rings (SSSR count). The first-order chi connectivity index (χ1) is 11.2. The van der Waals surface area contributed by atoms with Gasteiger partial charge in [0.15, 0.2) is 0 Å². The van der Waals surface area contributed by atoms with E-state index in [1.54, 1.807) is 31.4 Å². The van der Waals surface area contributed by atoms with E-state index < -0.39 is 0 Å². The van der Waals surface area contributed by atoms with E-state index >= 15 is 0 Å². The first kappa shape index (κ1) is 19.1. The van der Waals surface area contributed by atoms with Crippen molar-refractivity contribution in [1.82, 2.24) is 5.32 Å². The van der Waals surface area contributed by atoms with Gasteiger partial charge in [-0.1, -0.05) is 6.92 Å². The zero-order valence-electron chi connectivity index (χ0n) is 14.5. The lowest BCUT2D eigenvalue weighted by molar-refractivity contribution is 0.0506. The molecule has 2 fully saturated rings. The second-order valence-electron chi connectivity index (χ2n) is 6.92. The second-order valence-corrected chi connectivity index (χ2v) is 6.92. The van der Waals surface area contributed by atoms with Gasteiger partial charge in [-0.25, -0.2) is 4.79 Å². The molecule has 0 aliphatic heterocycles. The maximum atomic E-state index is 11.9. The van der Waals surface area contributed by atoms with E-state index in [0.29, 0.717) is 12.2 Å². The minimum absolute atomic E-state index is 0. The molecular weight excluding hydrogens is 326 g/mol. The molecule has 1 aromatic rings. The zero-order valence-corrected chi connectivity index (χ0v) is 15.3. The summed E-state index contributed by atoms with van der Waals surface area (Å²) < 4.78 is 10.4. The predicted molar refractivity (Wildman–Crippen MR) is 96.9 cm³/mol. The lowest BCUT2D eigenvalue weighted by Gasteiger charge is -2.28. The zero-order chi connectivity index (χ0) is 16.2. The third-order valence-corrected chi connectivity index (χ3v) is 5.76. The van der Waals surface area contributed by atoms with Crippen molar-refractivity contribution < 1.29 is 14.3 Å². The van der Waals surface area contributed by atoms with Crippen LogP contribution in [0.2, 0.25) is 0 Å². The second kappa shape index (κ2) is 8.72. The van der Waals surface area contributed by atoms with Crippen LogP contribution < -0.4 is 10.1 Å². The molecule has 2 aliphatic carbocycles. The molecular formula is C19H28ClNO3. The van der Waals surface area contributed by atoms with E-state index in [-0.39, 0.29) is 18.4 Å². The van der Waals surface area contributed by atoms with Crippen molar-refractivity contribution in [2.24, 2.45) is 23.7 Å². The van der Waals surface area contributed by atoms with Crippen LogP contribution in [0, 0.1) is 23.7 Å². The van der Waals surface area contributed by atoms with Gasteiger partial charge in [0.05, 0.1) is 12.7 Å². The standard InChI is InChI=1S/C19H27NO3.ClH/c1-13-15-3-4-16(11-15)18(13)12-20-9-10-23-19(21)14-5-7-17(22-2)8-6-14;/h5-8,13,15-16,18,20H,3-4,9-12H2,1-2H3;1H. The summed E-state index contributed by atoms with van der Waals surface area (Å²) in [6, 6.07) is 6.99. The van der Waals surface area contributed by atoms with E-state index in [0.717, 1.165) is 42.5 Å². The Morgan fingerprint density at radius 3 is 2.54 bits per heavy atom. The number of carbonyl (C=O) groups is 1. The molecule has 4 unspecified atom stereocenters. The Hall–Kier alpha value is -1.26. The van der Waals surface area contributed by atoms with Crippen molar-refractivity contribution in [3.8, 4) is 5.75 Å². The molecule has 1 N–H and O–H groups in total. The topological polar surface area (TPSA) is 47.6 Å². The smallest absolute Gasteiger partial charge is 0.338 e. The number of hydrogen-bond donors (Lipinski definition) is 1. The molecule has 5 heteroatoms. The van der Waals surface area contributed by atoms with E-state index in [4.69, 9.17) is 9.47 Å². The van der Waals surface area contributed by atoms with Crippen LogP contribution in [0.25, 0.3) is 0 Å². The first-order valence-corrected chi connectivity index (χ1v) is 8.71. The molecule has 24 heavy (non-hydrogen) atoms. The molecule has 0 heterocycles. The summed E-state index contributed by atoms with van der Waals surface area (Å²) >= 11 is 0. The molecule has 2 bridgehead atoms. The van der Waals surface area contributed by atoms with Gasteiger partial charge in [0.2, 0.25) is 0 Å². The Morgan fingerprint density at radius 1 is 1.21 bits per heavy atom. The summed E-state index contributed by atoms with van der Waals surface area (Å²) in [7, 11) is 1.61. The lowest BCUT2D eigenvalue weighted by atomic mass is 9.80. The summed E-state index contributed by atoms with van der Waals surface area (Å²) in [5.41, 5.74) is 0.563. The third kappa shape index (κ3) is 4.22. The third-order valence-electron chi connectivity index (χ3n) is 5.76. The van der Waals surface area contributed by atoms with Gasteiger partial charge in [-0.05, 0) is 73.7 Å². The van der Waals surface area contributed by atoms with Gasteiger partial charge in [-0.3, -0.25) is 0 Å². The molecule has 0 saturated heterocycles. The van der Waals surface area contributed by atoms with Gasteiger partial charge in [-0.15, -0.1) is 12.4 Å². The molecule has 2 saturated carbocycles. The summed E-state index contributed by atoms with van der Waals surface area (Å²) in [5.74, 6) is 4.00. The minimum atomic E-state index is -0.275. The molecule has 0 spiro atoms. The van der Waals surface area contributed by atoms with Crippen LogP contribution in [0.4, 0.5) is 0 Å². The Morgan fingerprint density at radius 2 is 1.92 bits per heavy atom. The van der Waals surface area contributed by atoms with Crippen molar-refractivity contribution in [2.75, 3.05) is 26.8 Å². The van der Waals surface area contributed by atoms with Crippen LogP contribution in [0.3, 0.4) is 0 Å². The van der Waals surface area contributed by atoms with Crippen LogP contribution >= 0.6 is 12.4 Å². The number of fused-ring (bicyclic) bond motifs is 2. The number of hydrogen-bond acceptors (Lipinski definition) is 4. The SMILES string of the molecule is COc1ccc(C(=O)OCCNCC2C3CCC(C3)C2C)cc1.Cl. The fraction of sp³-hybridized carbons (Fsp3) is 0.632. The quantitative estimate of drug-likeness (QED) is 0.601. The number of ether oxygens (including phenoxy) is 2. The normalized spacial score (nSPS) is 27.6. The van der Waals surface area contributed by atoms with Crippen LogP contribution in [-0.2, 0) is 4.74 Å². The van der Waals surface area contributed by atoms with Crippen molar-refractivity contribution in [2.45, 2.75) is 26.2 Å². The predicted octanol–water partition coefficient (Wildman–Crippen LogP) is 3.55. The van der Waals surface area contributed by atoms with Gasteiger partial charge in [0, 0.05) is 6.54 Å². The fourth-order valence-corrected chi connectivity index (χ4v) is 4.35. The van der Waals surface area contributed by atoms with E-state index in [2.05, 4.69) is 12.2 Å². The van der Waals surface area contributed by atoms with Gasteiger partial charge < -0.3 is 14.8 Å². The lowest BCUT2D eigenvalue weighted by Crippen LogP contribution is -2.33. The Balaban J connectivity index is 0.00000208. The van der Waals surface area contributed by atoms with Gasteiger partial charge >= 0.3 is 5.97 Å². The van der Waals surface area contributed by atoms with Crippen LogP contribution in [0.5, 0.6) is 5.75 Å². The molecule has 134 valence electrons. The van der Waals surface area contributed by atoms with Gasteiger partial charge in [0.1, 0.15) is 12.4 Å². The Labute approximate surface area is 150 Å². The largest absolute Gasteiger partial charge is 0.497 e. The maximum Gasteiger partial charge on any atom is 0.338 e. The molecule has 0 amide bonds. The molecule has 0 aromatic heterocycles. The average Bonchev–Trinajstić information content (AvgIpc) is 3.17. The highest BCUT2D eigenvalue weighted by Crippen LogP contribution is 2.51. The number of nitrogens with one attached hydrogen (secondary N) is 1. The van der Waals surface area contributed by atoms with E-state index in [1.165, 1.54) is 19.3 Å². The number of benzene rings is 1. The van der Waals surface area contributed by atoms with Crippen molar-refractivity contribution in [1.29, 1.82) is 0 Å². The average molecular weight is 354 g/mol. The first-order valence-electron chi connectivity index (χ1n) is 8.71. The van der Waals surface area contributed by atoms with Crippen LogP contribution in [0.1, 0.15) is 36.5 Å². The molecule has 4 nitrogen and oxygen atoms in total. The van der Waals surface area contributed by atoms with Crippen LogP contribution in [-0.4, -0.2) is 32.8 Å². The highest BCUT2D eigenvalue weighted by atomic mass is 35.5. The van der Waals surface area contributed by atoms with Gasteiger partial charge in [-0.2, -0.15) is 0 Å². The van der Waals surface area contributed by atoms with E-state index in [9.17, 15) is 4.79 Å². The van der Waals surface area contributed by atoms with E-state index in [1.807, 2.05) is 0 Å². The fourth-order valence-electron chi connectivity index (χ4n) is 4.35. The molecule has 4 atom stereocenters. The maximum absolute atomic E-state index is 11.9. The highest BCUT2D eigenvalue weighted by Gasteiger charge is 2.44. The highest BCUT2D eigenvalue weighted by molar-refractivity contribution is 5.89. The number of rotatable bonds is 7. The Kier molecular flexibility index (Phi) is 6.93. The Bertz CT molecular complexity index is 532. The molecule has 2 aliphatic rings. The number of halogens is 1. The summed E-state index contributed by atoms with van der Waals surface area (Å²) in [5, 5.41) is 3.47. The summed E-state index contributed by atoms with van der Waals surface area (Å²) in [4.78, 5) is 11.9. The molecule has 0 radical (unpaired) electrons. The number of esters is 1. The summed E-state index contributed by atoms with van der Waals surface area (Å²) in [6.07, 6.45) is 4.27. The van der Waals surface area contributed by atoms with Gasteiger partial charge in [0.25, 0.3) is 0 Å². The monoisotopic (exact) mass is 353 g/mol. The van der Waals surface area contributed by atoms with Crippen LogP contribution in [0.15, 0.2) is 24.3 Å². The number of carbonyl (C=O) groups excluding carboxylic acids is 1. The van der Waals surface area contributed by atoms with Crippen molar-refractivity contribution in [3.05, 3.63) is 29.8 Å². The number of methoxy groups -OCH3 is 1. The summed E-state index contributed by atoms with van der Waals surface area (Å²) in [6.45, 7) is 4.60. The molecule has 1 aromatic carbocycles. The van der Waals surface area contributed by atoms with Crippen molar-refractivity contribution in [3.63, 3.8) is 0 Å².